The average molecular weight is 278 g/mol. The lowest BCUT2D eigenvalue weighted by Crippen LogP contribution is -2.24. The van der Waals surface area contributed by atoms with Gasteiger partial charge < -0.3 is 10.6 Å². The number of aromatic nitrogens is 1. The lowest BCUT2D eigenvalue weighted by molar-refractivity contribution is -0.119. The molecule has 0 radical (unpaired) electrons. The molecule has 1 atom stereocenters. The molecule has 96 valence electrons. The van der Waals surface area contributed by atoms with Crippen LogP contribution in [0.25, 0.3) is 0 Å². The van der Waals surface area contributed by atoms with E-state index in [1.165, 1.54) is 0 Å². The van der Waals surface area contributed by atoms with Crippen LogP contribution in [0, 0.1) is 12.8 Å². The van der Waals surface area contributed by atoms with E-state index in [-0.39, 0.29) is 36.6 Å². The van der Waals surface area contributed by atoms with E-state index in [1.54, 1.807) is 12.4 Å². The molecule has 1 aromatic heterocycles. The van der Waals surface area contributed by atoms with Crippen molar-refractivity contribution in [2.45, 2.75) is 13.3 Å². The largest absolute Gasteiger partial charge is 0.324 e. The fourth-order valence-corrected chi connectivity index (χ4v) is 1.75. The predicted octanol–water partition coefficient (Wildman–Crippen LogP) is 1.78. The molecule has 0 bridgehead atoms. The number of hydrogen-bond donors (Lipinski definition) is 2. The Morgan fingerprint density at radius 1 is 1.47 bits per heavy atom. The van der Waals surface area contributed by atoms with Gasteiger partial charge in [0.1, 0.15) is 0 Å². The van der Waals surface area contributed by atoms with Crippen molar-refractivity contribution in [2.75, 3.05) is 18.4 Å². The van der Waals surface area contributed by atoms with Crippen LogP contribution in [-0.4, -0.2) is 24.0 Å². The Morgan fingerprint density at radius 3 is 2.82 bits per heavy atom. The smallest absolute Gasteiger partial charge is 0.228 e. The van der Waals surface area contributed by atoms with Gasteiger partial charge in [0.25, 0.3) is 0 Å². The fourth-order valence-electron chi connectivity index (χ4n) is 1.75. The van der Waals surface area contributed by atoms with E-state index in [0.717, 1.165) is 30.8 Å². The molecule has 1 aliphatic heterocycles. The Morgan fingerprint density at radius 2 is 2.24 bits per heavy atom. The maximum absolute atomic E-state index is 11.7. The first kappa shape index (κ1) is 16.2. The van der Waals surface area contributed by atoms with Crippen molar-refractivity contribution in [3.63, 3.8) is 0 Å². The second-order valence-corrected chi connectivity index (χ2v) is 3.93. The molecule has 1 amide bonds. The third kappa shape index (κ3) is 4.50. The Balaban J connectivity index is 0.00000128. The molecule has 1 unspecified atom stereocenters. The molecular formula is C11H17Cl2N3O. The van der Waals surface area contributed by atoms with E-state index in [4.69, 9.17) is 0 Å². The van der Waals surface area contributed by atoms with Gasteiger partial charge in [-0.15, -0.1) is 24.8 Å². The number of rotatable bonds is 2. The number of nitrogens with zero attached hydrogens (tertiary/aromatic N) is 1. The second-order valence-electron chi connectivity index (χ2n) is 3.93. The minimum atomic E-state index is 0. The Hall–Kier alpha value is -0.840. The summed E-state index contributed by atoms with van der Waals surface area (Å²) in [6, 6.07) is 1.92. The lowest BCUT2D eigenvalue weighted by Gasteiger charge is -2.09. The summed E-state index contributed by atoms with van der Waals surface area (Å²) in [6.07, 6.45) is 4.37. The minimum absolute atomic E-state index is 0. The molecule has 2 heterocycles. The van der Waals surface area contributed by atoms with Crippen LogP contribution in [-0.2, 0) is 4.79 Å². The minimum Gasteiger partial charge on any atom is -0.324 e. The van der Waals surface area contributed by atoms with Crippen molar-refractivity contribution >= 4 is 36.4 Å². The first-order valence-corrected chi connectivity index (χ1v) is 5.19. The van der Waals surface area contributed by atoms with Gasteiger partial charge in [0.15, 0.2) is 0 Å². The molecule has 0 aliphatic carbocycles. The van der Waals surface area contributed by atoms with E-state index >= 15 is 0 Å². The molecule has 0 aromatic carbocycles. The van der Waals surface area contributed by atoms with Gasteiger partial charge in [-0.05, 0) is 31.5 Å². The van der Waals surface area contributed by atoms with Crippen LogP contribution >= 0.6 is 24.8 Å². The van der Waals surface area contributed by atoms with Crippen LogP contribution in [0.4, 0.5) is 5.69 Å². The molecule has 1 aromatic rings. The highest BCUT2D eigenvalue weighted by Crippen LogP contribution is 2.12. The number of pyridine rings is 1. The Bertz CT molecular complexity index is 367. The molecule has 0 saturated carbocycles. The standard InChI is InChI=1S/C11H15N3O.2ClH/c1-8-4-10(7-13-5-8)14-11(15)9-2-3-12-6-9;;/h4-5,7,9,12H,2-3,6H2,1H3,(H,14,15);2*1H. The molecule has 0 spiro atoms. The van der Waals surface area contributed by atoms with Crippen LogP contribution in [0.15, 0.2) is 18.5 Å². The first-order valence-electron chi connectivity index (χ1n) is 5.19. The van der Waals surface area contributed by atoms with Gasteiger partial charge in [0.05, 0.1) is 17.8 Å². The second kappa shape index (κ2) is 7.48. The van der Waals surface area contributed by atoms with E-state index in [2.05, 4.69) is 15.6 Å². The normalized spacial score (nSPS) is 17.8. The highest BCUT2D eigenvalue weighted by Gasteiger charge is 2.22. The van der Waals surface area contributed by atoms with Crippen LogP contribution < -0.4 is 10.6 Å². The number of hydrogen-bond acceptors (Lipinski definition) is 3. The zero-order chi connectivity index (χ0) is 10.7. The van der Waals surface area contributed by atoms with Crippen molar-refractivity contribution in [3.8, 4) is 0 Å². The van der Waals surface area contributed by atoms with E-state index in [0.29, 0.717) is 0 Å². The number of amides is 1. The molecule has 1 saturated heterocycles. The Labute approximate surface area is 113 Å². The zero-order valence-corrected chi connectivity index (χ0v) is 11.2. The van der Waals surface area contributed by atoms with Gasteiger partial charge >= 0.3 is 0 Å². The number of halogens is 2. The molecule has 6 heteroatoms. The number of anilines is 1. The summed E-state index contributed by atoms with van der Waals surface area (Å²) in [5.74, 6) is 0.193. The van der Waals surface area contributed by atoms with Crippen molar-refractivity contribution in [1.82, 2.24) is 10.3 Å². The van der Waals surface area contributed by atoms with Crippen molar-refractivity contribution in [3.05, 3.63) is 24.0 Å². The summed E-state index contributed by atoms with van der Waals surface area (Å²) in [6.45, 7) is 3.68. The molecule has 1 aliphatic rings. The summed E-state index contributed by atoms with van der Waals surface area (Å²) in [4.78, 5) is 15.8. The van der Waals surface area contributed by atoms with Crippen molar-refractivity contribution in [2.24, 2.45) is 5.92 Å². The quantitative estimate of drug-likeness (QED) is 0.867. The maximum Gasteiger partial charge on any atom is 0.228 e. The third-order valence-electron chi connectivity index (χ3n) is 2.57. The molecule has 2 rings (SSSR count). The van der Waals surface area contributed by atoms with Crippen molar-refractivity contribution in [1.29, 1.82) is 0 Å². The summed E-state index contributed by atoms with van der Waals surface area (Å²) in [7, 11) is 0. The van der Waals surface area contributed by atoms with Gasteiger partial charge in [-0.2, -0.15) is 0 Å². The molecule has 1 fully saturated rings. The summed E-state index contributed by atoms with van der Waals surface area (Å²) >= 11 is 0. The summed E-state index contributed by atoms with van der Waals surface area (Å²) in [5, 5.41) is 6.06. The average Bonchev–Trinajstić information content (AvgIpc) is 2.70. The van der Waals surface area contributed by atoms with E-state index in [9.17, 15) is 4.79 Å². The predicted molar refractivity (Wildman–Crippen MR) is 73.1 cm³/mol. The highest BCUT2D eigenvalue weighted by atomic mass is 35.5. The number of carbonyl (C=O) groups is 1. The van der Waals surface area contributed by atoms with Gasteiger partial charge in [-0.3, -0.25) is 9.78 Å². The zero-order valence-electron chi connectivity index (χ0n) is 9.60. The van der Waals surface area contributed by atoms with Gasteiger partial charge in [0, 0.05) is 12.7 Å². The summed E-state index contributed by atoms with van der Waals surface area (Å²) in [5.41, 5.74) is 1.84. The number of carbonyl (C=O) groups excluding carboxylic acids is 1. The molecule has 17 heavy (non-hydrogen) atoms. The fraction of sp³-hybridized carbons (Fsp3) is 0.455. The summed E-state index contributed by atoms with van der Waals surface area (Å²) < 4.78 is 0. The first-order chi connectivity index (χ1) is 7.25. The molecule has 4 nitrogen and oxygen atoms in total. The number of nitrogens with one attached hydrogen (secondary N) is 2. The lowest BCUT2D eigenvalue weighted by atomic mass is 10.1. The van der Waals surface area contributed by atoms with Gasteiger partial charge in [-0.1, -0.05) is 0 Å². The monoisotopic (exact) mass is 277 g/mol. The molecular weight excluding hydrogens is 261 g/mol. The van der Waals surface area contributed by atoms with Gasteiger partial charge in [0.2, 0.25) is 5.91 Å². The van der Waals surface area contributed by atoms with E-state index < -0.39 is 0 Å². The Kier molecular flexibility index (Phi) is 7.11. The third-order valence-corrected chi connectivity index (χ3v) is 2.57. The van der Waals surface area contributed by atoms with Gasteiger partial charge in [-0.25, -0.2) is 0 Å². The highest BCUT2D eigenvalue weighted by molar-refractivity contribution is 5.92. The van der Waals surface area contributed by atoms with Crippen molar-refractivity contribution < 1.29 is 4.79 Å². The SMILES string of the molecule is Cc1cncc(NC(=O)C2CCNC2)c1.Cl.Cl. The van der Waals surface area contributed by atoms with Crippen LogP contribution in [0.5, 0.6) is 0 Å². The van der Waals surface area contributed by atoms with Crippen LogP contribution in [0.2, 0.25) is 0 Å². The van der Waals surface area contributed by atoms with Crippen LogP contribution in [0.1, 0.15) is 12.0 Å². The molecule has 2 N–H and O–H groups in total. The number of aryl methyl sites for hydroxylation is 1. The van der Waals surface area contributed by atoms with E-state index in [1.807, 2.05) is 13.0 Å². The topological polar surface area (TPSA) is 54.0 Å². The maximum atomic E-state index is 11.7. The van der Waals surface area contributed by atoms with Crippen LogP contribution in [0.3, 0.4) is 0 Å².